The van der Waals surface area contributed by atoms with Crippen LogP contribution in [0.1, 0.15) is 22.3 Å². The Labute approximate surface area is 175 Å². The van der Waals surface area contributed by atoms with E-state index in [9.17, 15) is 0 Å². The van der Waals surface area contributed by atoms with E-state index < -0.39 is 0 Å². The van der Waals surface area contributed by atoms with E-state index in [1.54, 1.807) is 23.2 Å². The molecule has 2 N–H and O–H groups in total. The second-order valence-corrected chi connectivity index (χ2v) is 7.50. The molecule has 0 saturated heterocycles. The van der Waals surface area contributed by atoms with Crippen molar-refractivity contribution >= 4 is 40.4 Å². The fourth-order valence-corrected chi connectivity index (χ4v) is 3.51. The molecule has 1 aromatic heterocycles. The first-order valence-electron chi connectivity index (χ1n) is 8.86. The van der Waals surface area contributed by atoms with Gasteiger partial charge >= 0.3 is 0 Å². The number of nitrogens with two attached hydrogens (primary N) is 1. The normalized spacial score (nSPS) is 10.6. The second-order valence-electron chi connectivity index (χ2n) is 6.64. The third-order valence-electron chi connectivity index (χ3n) is 4.48. The van der Waals surface area contributed by atoms with Crippen LogP contribution < -0.4 is 15.4 Å². The van der Waals surface area contributed by atoms with E-state index in [4.69, 9.17) is 34.3 Å². The molecular formula is C22H22ClN3OS. The summed E-state index contributed by atoms with van der Waals surface area (Å²) in [4.78, 5) is 6.15. The number of ether oxygens (including phenoxy) is 1. The minimum atomic E-state index is 0.175. The van der Waals surface area contributed by atoms with Gasteiger partial charge in [-0.25, -0.2) is 4.98 Å². The molecule has 0 amide bonds. The summed E-state index contributed by atoms with van der Waals surface area (Å²) in [7, 11) is 0. The quantitative estimate of drug-likeness (QED) is 0.552. The van der Waals surface area contributed by atoms with Crippen LogP contribution in [0.15, 0.2) is 54.7 Å². The fraction of sp³-hybridized carbons (Fsp3) is 0.182. The Morgan fingerprint density at radius 3 is 2.36 bits per heavy atom. The third kappa shape index (κ3) is 4.43. The van der Waals surface area contributed by atoms with Crippen molar-refractivity contribution in [2.24, 2.45) is 5.73 Å². The molecule has 3 aromatic rings. The first kappa shape index (κ1) is 20.1. The second kappa shape index (κ2) is 8.59. The van der Waals surface area contributed by atoms with Gasteiger partial charge in [-0.3, -0.25) is 4.90 Å². The summed E-state index contributed by atoms with van der Waals surface area (Å²) in [6.45, 7) is 6.72. The molecule has 0 aliphatic carbocycles. The Morgan fingerprint density at radius 2 is 1.75 bits per heavy atom. The monoisotopic (exact) mass is 411 g/mol. The zero-order valence-corrected chi connectivity index (χ0v) is 17.6. The summed E-state index contributed by atoms with van der Waals surface area (Å²) in [6, 6.07) is 15.3. The van der Waals surface area contributed by atoms with Crippen molar-refractivity contribution in [3.8, 4) is 5.75 Å². The molecule has 28 heavy (non-hydrogen) atoms. The molecule has 6 heteroatoms. The van der Waals surface area contributed by atoms with Crippen molar-refractivity contribution in [2.75, 3.05) is 4.90 Å². The number of hydrogen-bond acceptors (Lipinski definition) is 3. The number of pyridine rings is 1. The predicted molar refractivity (Wildman–Crippen MR) is 120 cm³/mol. The maximum absolute atomic E-state index is 6.16. The minimum Gasteiger partial charge on any atom is -0.485 e. The highest BCUT2D eigenvalue weighted by atomic mass is 35.5. The predicted octanol–water partition coefficient (Wildman–Crippen LogP) is 5.62. The molecule has 0 bridgehead atoms. The number of thiocarbonyl (C=S) groups is 1. The number of anilines is 2. The first-order chi connectivity index (χ1) is 13.4. The lowest BCUT2D eigenvalue weighted by atomic mass is 10.0. The molecule has 3 rings (SSSR count). The van der Waals surface area contributed by atoms with Gasteiger partial charge in [0.2, 0.25) is 0 Å². The molecule has 0 atom stereocenters. The number of rotatable bonds is 5. The Morgan fingerprint density at radius 1 is 1.11 bits per heavy atom. The Balaban J connectivity index is 1.94. The van der Waals surface area contributed by atoms with Crippen LogP contribution in [0.3, 0.4) is 0 Å². The molecule has 0 spiro atoms. The molecule has 0 radical (unpaired) electrons. The van der Waals surface area contributed by atoms with E-state index in [1.807, 2.05) is 24.3 Å². The fourth-order valence-electron chi connectivity index (χ4n) is 3.19. The number of aromatic nitrogens is 1. The molecule has 4 nitrogen and oxygen atoms in total. The topological polar surface area (TPSA) is 51.4 Å². The van der Waals surface area contributed by atoms with Gasteiger partial charge in [-0.05, 0) is 86.1 Å². The van der Waals surface area contributed by atoms with Crippen molar-refractivity contribution in [1.82, 2.24) is 4.98 Å². The van der Waals surface area contributed by atoms with Crippen molar-refractivity contribution in [3.05, 3.63) is 82.0 Å². The molecular weight excluding hydrogens is 390 g/mol. The van der Waals surface area contributed by atoms with E-state index >= 15 is 0 Å². The van der Waals surface area contributed by atoms with Gasteiger partial charge in [0.05, 0.1) is 5.69 Å². The van der Waals surface area contributed by atoms with Crippen LogP contribution in [0.25, 0.3) is 0 Å². The molecule has 2 aromatic carbocycles. The van der Waals surface area contributed by atoms with Gasteiger partial charge in [-0.2, -0.15) is 0 Å². The number of halogens is 1. The van der Waals surface area contributed by atoms with Crippen LogP contribution >= 0.6 is 23.8 Å². The number of nitrogens with zero attached hydrogens (tertiary/aromatic N) is 2. The van der Waals surface area contributed by atoms with Gasteiger partial charge in [-0.1, -0.05) is 29.3 Å². The lowest BCUT2D eigenvalue weighted by Crippen LogP contribution is -2.32. The summed E-state index contributed by atoms with van der Waals surface area (Å²) in [6.07, 6.45) is 1.69. The Bertz CT molecular complexity index is 982. The van der Waals surface area contributed by atoms with Gasteiger partial charge in [0, 0.05) is 11.2 Å². The zero-order valence-electron chi connectivity index (χ0n) is 16.1. The van der Waals surface area contributed by atoms with E-state index in [0.29, 0.717) is 23.2 Å². The lowest BCUT2D eigenvalue weighted by Gasteiger charge is -2.24. The van der Waals surface area contributed by atoms with Crippen LogP contribution in [0.2, 0.25) is 5.02 Å². The smallest absolute Gasteiger partial charge is 0.182 e. The van der Waals surface area contributed by atoms with Crippen molar-refractivity contribution in [3.63, 3.8) is 0 Å². The summed E-state index contributed by atoms with van der Waals surface area (Å²) in [5.74, 6) is 1.14. The molecule has 0 fully saturated rings. The van der Waals surface area contributed by atoms with Gasteiger partial charge in [0.15, 0.2) is 16.7 Å². The van der Waals surface area contributed by atoms with Gasteiger partial charge in [0.1, 0.15) is 6.61 Å². The van der Waals surface area contributed by atoms with Crippen LogP contribution in [0.4, 0.5) is 11.5 Å². The van der Waals surface area contributed by atoms with Gasteiger partial charge < -0.3 is 10.5 Å². The summed E-state index contributed by atoms with van der Waals surface area (Å²) in [5.41, 5.74) is 11.6. The average molecular weight is 412 g/mol. The van der Waals surface area contributed by atoms with E-state index in [2.05, 4.69) is 37.9 Å². The maximum atomic E-state index is 6.16. The van der Waals surface area contributed by atoms with E-state index in [0.717, 1.165) is 11.3 Å². The van der Waals surface area contributed by atoms with Crippen molar-refractivity contribution in [1.29, 1.82) is 0 Å². The van der Waals surface area contributed by atoms with Crippen LogP contribution in [0.5, 0.6) is 5.75 Å². The summed E-state index contributed by atoms with van der Waals surface area (Å²) in [5, 5.41) is 0.808. The first-order valence-corrected chi connectivity index (χ1v) is 9.65. The number of benzene rings is 2. The SMILES string of the molecule is Cc1cc(C)c(COc2cccnc2N(C(N)=S)c2ccc(Cl)cc2)c(C)c1. The standard InChI is InChI=1S/C22H22ClN3OS/c1-14-11-15(2)19(16(3)12-14)13-27-20-5-4-10-25-21(20)26(22(24)28)18-8-6-17(23)7-9-18/h4-12H,13H2,1-3H3,(H2,24,28). The van der Waals surface area contributed by atoms with Crippen molar-refractivity contribution < 1.29 is 4.74 Å². The molecule has 144 valence electrons. The van der Waals surface area contributed by atoms with Crippen molar-refractivity contribution in [2.45, 2.75) is 27.4 Å². The zero-order chi connectivity index (χ0) is 20.3. The minimum absolute atomic E-state index is 0.175. The van der Waals surface area contributed by atoms with Gasteiger partial charge in [-0.15, -0.1) is 0 Å². The van der Waals surface area contributed by atoms with Crippen LogP contribution in [-0.2, 0) is 6.61 Å². The highest BCUT2D eigenvalue weighted by Gasteiger charge is 2.19. The average Bonchev–Trinajstić information content (AvgIpc) is 2.63. The molecule has 0 unspecified atom stereocenters. The summed E-state index contributed by atoms with van der Waals surface area (Å²) >= 11 is 11.3. The maximum Gasteiger partial charge on any atom is 0.182 e. The van der Waals surface area contributed by atoms with Crippen LogP contribution in [0, 0.1) is 20.8 Å². The summed E-state index contributed by atoms with van der Waals surface area (Å²) < 4.78 is 6.16. The Hall–Kier alpha value is -2.63. The number of aryl methyl sites for hydroxylation is 3. The molecule has 0 aliphatic heterocycles. The molecule has 0 saturated carbocycles. The highest BCUT2D eigenvalue weighted by Crippen LogP contribution is 2.33. The molecule has 0 aliphatic rings. The van der Waals surface area contributed by atoms with E-state index in [1.165, 1.54) is 16.7 Å². The van der Waals surface area contributed by atoms with Gasteiger partial charge in [0.25, 0.3) is 0 Å². The van der Waals surface area contributed by atoms with E-state index in [-0.39, 0.29) is 5.11 Å². The van der Waals surface area contributed by atoms with Crippen LogP contribution in [-0.4, -0.2) is 10.1 Å². The highest BCUT2D eigenvalue weighted by molar-refractivity contribution is 7.80. The lowest BCUT2D eigenvalue weighted by molar-refractivity contribution is 0.304. The largest absolute Gasteiger partial charge is 0.485 e. The third-order valence-corrected chi connectivity index (χ3v) is 4.91. The number of hydrogen-bond donors (Lipinski definition) is 1. The Kier molecular flexibility index (Phi) is 6.17. The molecule has 1 heterocycles.